The molecule has 0 bridgehead atoms. The highest BCUT2D eigenvalue weighted by atomic mass is 32.3. The van der Waals surface area contributed by atoms with Crippen molar-refractivity contribution in [2.24, 2.45) is 0 Å². The second kappa shape index (κ2) is 7.37. The summed E-state index contributed by atoms with van der Waals surface area (Å²) in [5.41, 5.74) is 0.986. The van der Waals surface area contributed by atoms with Crippen LogP contribution in [0.4, 0.5) is 0 Å². The second-order valence-corrected chi connectivity index (χ2v) is 6.75. The summed E-state index contributed by atoms with van der Waals surface area (Å²) in [6, 6.07) is 3.92. The fourth-order valence-electron chi connectivity index (χ4n) is 2.52. The van der Waals surface area contributed by atoms with E-state index in [1.54, 1.807) is 12.1 Å². The number of likely N-dealkylation sites (tertiary alicyclic amines) is 1. The Bertz CT molecular complexity index is 616. The van der Waals surface area contributed by atoms with E-state index in [0.717, 1.165) is 32.2 Å². The summed E-state index contributed by atoms with van der Waals surface area (Å²) in [6.07, 6.45) is 2.04. The number of rotatable bonds is 8. The standard InChI is InChI=1S/C15H23NO6S/c1-11(16-6-5-7-16)8-12-9-13(19-2)15(14(10-12)20-3)22-23(17,18)21-4/h9-11H,5-8H2,1-4H3. The molecule has 23 heavy (non-hydrogen) atoms. The van der Waals surface area contributed by atoms with Crippen molar-refractivity contribution in [3.05, 3.63) is 17.7 Å². The van der Waals surface area contributed by atoms with Gasteiger partial charge in [0, 0.05) is 6.04 Å². The maximum Gasteiger partial charge on any atom is 0.449 e. The van der Waals surface area contributed by atoms with Crippen LogP contribution in [0.1, 0.15) is 18.9 Å². The van der Waals surface area contributed by atoms with E-state index in [2.05, 4.69) is 16.0 Å². The lowest BCUT2D eigenvalue weighted by molar-refractivity contribution is 0.128. The molecule has 1 unspecified atom stereocenters. The van der Waals surface area contributed by atoms with E-state index < -0.39 is 10.4 Å². The predicted molar refractivity (Wildman–Crippen MR) is 85.5 cm³/mol. The van der Waals surface area contributed by atoms with E-state index in [4.69, 9.17) is 13.7 Å². The summed E-state index contributed by atoms with van der Waals surface area (Å²) in [6.45, 7) is 4.39. The molecule has 0 N–H and O–H groups in total. The quantitative estimate of drug-likeness (QED) is 0.708. The zero-order chi connectivity index (χ0) is 17.0. The lowest BCUT2D eigenvalue weighted by Gasteiger charge is -2.36. The van der Waals surface area contributed by atoms with E-state index >= 15 is 0 Å². The van der Waals surface area contributed by atoms with Gasteiger partial charge in [0.25, 0.3) is 0 Å². The van der Waals surface area contributed by atoms with E-state index in [-0.39, 0.29) is 17.2 Å². The Balaban J connectivity index is 2.29. The molecule has 1 aromatic rings. The number of methoxy groups -OCH3 is 2. The van der Waals surface area contributed by atoms with Crippen molar-refractivity contribution in [3.63, 3.8) is 0 Å². The predicted octanol–water partition coefficient (Wildman–Crippen LogP) is 1.61. The number of hydrogen-bond donors (Lipinski definition) is 0. The Morgan fingerprint density at radius 2 is 1.70 bits per heavy atom. The van der Waals surface area contributed by atoms with Crippen LogP contribution in [-0.2, 0) is 21.0 Å². The zero-order valence-corrected chi connectivity index (χ0v) is 14.7. The van der Waals surface area contributed by atoms with E-state index in [9.17, 15) is 8.42 Å². The van der Waals surface area contributed by atoms with Crippen LogP contribution in [0.5, 0.6) is 17.2 Å². The molecule has 130 valence electrons. The molecule has 7 nitrogen and oxygen atoms in total. The van der Waals surface area contributed by atoms with Gasteiger partial charge in [-0.15, -0.1) is 0 Å². The van der Waals surface area contributed by atoms with E-state index in [1.165, 1.54) is 20.6 Å². The molecular formula is C15H23NO6S. The van der Waals surface area contributed by atoms with Gasteiger partial charge in [0.05, 0.1) is 21.3 Å². The molecule has 0 aliphatic carbocycles. The highest BCUT2D eigenvalue weighted by molar-refractivity contribution is 7.82. The molecule has 0 spiro atoms. The summed E-state index contributed by atoms with van der Waals surface area (Å²) in [5, 5.41) is 0. The van der Waals surface area contributed by atoms with Crippen molar-refractivity contribution in [3.8, 4) is 17.2 Å². The minimum absolute atomic E-state index is 0.0165. The van der Waals surface area contributed by atoms with Crippen LogP contribution in [0.3, 0.4) is 0 Å². The van der Waals surface area contributed by atoms with Crippen LogP contribution in [0.2, 0.25) is 0 Å². The minimum Gasteiger partial charge on any atom is -0.493 e. The first-order valence-electron chi connectivity index (χ1n) is 7.39. The Labute approximate surface area is 137 Å². The van der Waals surface area contributed by atoms with Gasteiger partial charge in [-0.25, -0.2) is 4.18 Å². The lowest BCUT2D eigenvalue weighted by atomic mass is 10.0. The first-order valence-corrected chi connectivity index (χ1v) is 8.72. The van der Waals surface area contributed by atoms with Crippen molar-refractivity contribution in [2.45, 2.75) is 25.8 Å². The first kappa shape index (κ1) is 17.8. The minimum atomic E-state index is -4.15. The largest absolute Gasteiger partial charge is 0.493 e. The Hall–Kier alpha value is -1.51. The highest BCUT2D eigenvalue weighted by Crippen LogP contribution is 2.40. The van der Waals surface area contributed by atoms with E-state index in [1.807, 2.05) is 0 Å². The topological polar surface area (TPSA) is 74.3 Å². The Kier molecular flexibility index (Phi) is 5.72. The molecular weight excluding hydrogens is 322 g/mol. The van der Waals surface area contributed by atoms with E-state index in [0.29, 0.717) is 6.04 Å². The summed E-state index contributed by atoms with van der Waals surface area (Å²) < 4.78 is 42.9. The molecule has 0 amide bonds. The van der Waals surface area contributed by atoms with Gasteiger partial charge in [0.1, 0.15) is 0 Å². The molecule has 1 saturated heterocycles. The van der Waals surface area contributed by atoms with Gasteiger partial charge in [0.2, 0.25) is 5.75 Å². The van der Waals surface area contributed by atoms with Gasteiger partial charge in [-0.1, -0.05) is 0 Å². The smallest absolute Gasteiger partial charge is 0.449 e. The molecule has 1 aliphatic heterocycles. The lowest BCUT2D eigenvalue weighted by Crippen LogP contribution is -2.44. The molecule has 1 fully saturated rings. The SMILES string of the molecule is COc1cc(CC(C)N2CCC2)cc(OC)c1OS(=O)(=O)OC. The average Bonchev–Trinajstić information content (AvgIpc) is 2.46. The fourth-order valence-corrected chi connectivity index (χ4v) is 2.96. The number of hydrogen-bond acceptors (Lipinski definition) is 7. The van der Waals surface area contributed by atoms with Crippen LogP contribution in [-0.4, -0.2) is 53.8 Å². The zero-order valence-electron chi connectivity index (χ0n) is 13.9. The van der Waals surface area contributed by atoms with Crippen LogP contribution >= 0.6 is 0 Å². The summed E-state index contributed by atoms with van der Waals surface area (Å²) in [5.74, 6) is 0.559. The van der Waals surface area contributed by atoms with Crippen molar-refractivity contribution < 1.29 is 26.3 Å². The molecule has 8 heteroatoms. The molecule has 2 rings (SSSR count). The van der Waals surface area contributed by atoms with Crippen molar-refractivity contribution in [1.82, 2.24) is 4.90 Å². The molecule has 0 radical (unpaired) electrons. The highest BCUT2D eigenvalue weighted by Gasteiger charge is 2.24. The average molecular weight is 345 g/mol. The number of ether oxygens (including phenoxy) is 2. The third-order valence-electron chi connectivity index (χ3n) is 3.96. The first-order chi connectivity index (χ1) is 10.9. The summed E-state index contributed by atoms with van der Waals surface area (Å²) in [7, 11) is -0.229. The monoisotopic (exact) mass is 345 g/mol. The Morgan fingerprint density at radius 1 is 1.13 bits per heavy atom. The third kappa shape index (κ3) is 4.27. The van der Waals surface area contributed by atoms with Gasteiger partial charge in [-0.3, -0.25) is 0 Å². The maximum absolute atomic E-state index is 11.5. The molecule has 1 aliphatic rings. The van der Waals surface area contributed by atoms with Gasteiger partial charge < -0.3 is 18.6 Å². The summed E-state index contributed by atoms with van der Waals surface area (Å²) >= 11 is 0. The summed E-state index contributed by atoms with van der Waals surface area (Å²) in [4.78, 5) is 2.39. The van der Waals surface area contributed by atoms with Gasteiger partial charge in [-0.2, -0.15) is 8.42 Å². The van der Waals surface area contributed by atoms with Gasteiger partial charge in [-0.05, 0) is 50.6 Å². The van der Waals surface area contributed by atoms with Crippen LogP contribution in [0.25, 0.3) is 0 Å². The molecule has 0 aromatic heterocycles. The van der Waals surface area contributed by atoms with Crippen LogP contribution in [0.15, 0.2) is 12.1 Å². The van der Waals surface area contributed by atoms with Crippen LogP contribution < -0.4 is 13.7 Å². The normalized spacial score (nSPS) is 16.5. The van der Waals surface area contributed by atoms with Crippen molar-refractivity contribution >= 4 is 10.4 Å². The molecule has 1 atom stereocenters. The maximum atomic E-state index is 11.5. The molecule has 1 heterocycles. The third-order valence-corrected chi connectivity index (χ3v) is 4.73. The van der Waals surface area contributed by atoms with Gasteiger partial charge in [0.15, 0.2) is 11.5 Å². The molecule has 0 saturated carbocycles. The Morgan fingerprint density at radius 3 is 2.09 bits per heavy atom. The number of benzene rings is 1. The fraction of sp³-hybridized carbons (Fsp3) is 0.600. The second-order valence-electron chi connectivity index (χ2n) is 5.43. The van der Waals surface area contributed by atoms with Gasteiger partial charge >= 0.3 is 10.4 Å². The van der Waals surface area contributed by atoms with Crippen LogP contribution in [0, 0.1) is 0 Å². The number of nitrogens with zero attached hydrogens (tertiary/aromatic N) is 1. The molecule has 1 aromatic carbocycles. The van der Waals surface area contributed by atoms with Crippen molar-refractivity contribution in [2.75, 3.05) is 34.4 Å². The van der Waals surface area contributed by atoms with Crippen molar-refractivity contribution in [1.29, 1.82) is 0 Å².